The van der Waals surface area contributed by atoms with E-state index >= 15 is 0 Å². The van der Waals surface area contributed by atoms with Crippen LogP contribution in [0.3, 0.4) is 0 Å². The Kier molecular flexibility index (Phi) is 4.05. The first-order chi connectivity index (χ1) is 9.26. The number of rotatable bonds is 4. The maximum atomic E-state index is 11.7. The van der Waals surface area contributed by atoms with Gasteiger partial charge in [-0.2, -0.15) is 0 Å². The van der Waals surface area contributed by atoms with Crippen LogP contribution in [0.1, 0.15) is 38.5 Å². The van der Waals surface area contributed by atoms with Crippen LogP contribution in [0.15, 0.2) is 0 Å². The fraction of sp³-hybridized carbons (Fsp3) is 0.929. The third-order valence-electron chi connectivity index (χ3n) is 4.39. The largest absolute Gasteiger partial charge is 0.381 e. The van der Waals surface area contributed by atoms with Crippen molar-refractivity contribution in [2.75, 3.05) is 26.4 Å². The van der Waals surface area contributed by atoms with E-state index in [0.717, 1.165) is 58.3 Å². The molecule has 108 valence electrons. The summed E-state index contributed by atoms with van der Waals surface area (Å²) < 4.78 is 11.4. The Morgan fingerprint density at radius 3 is 2.63 bits per heavy atom. The summed E-state index contributed by atoms with van der Waals surface area (Å²) in [5, 5.41) is 6.41. The Balaban J connectivity index is 1.43. The van der Waals surface area contributed by atoms with E-state index in [4.69, 9.17) is 9.47 Å². The summed E-state index contributed by atoms with van der Waals surface area (Å²) in [6.07, 6.45) is 6.27. The van der Waals surface area contributed by atoms with Gasteiger partial charge in [-0.15, -0.1) is 0 Å². The molecule has 1 saturated carbocycles. The fourth-order valence-corrected chi connectivity index (χ4v) is 3.04. The van der Waals surface area contributed by atoms with Crippen molar-refractivity contribution >= 4 is 5.91 Å². The van der Waals surface area contributed by atoms with E-state index < -0.39 is 0 Å². The second-order valence-electron chi connectivity index (χ2n) is 6.06. The molecule has 2 saturated heterocycles. The molecule has 5 heteroatoms. The molecule has 1 unspecified atom stereocenters. The molecule has 2 aliphatic heterocycles. The standard InChI is InChI=1S/C14H24N2O3/c17-13(16-11-1-2-11)10-15-12-3-6-19-14(9-12)4-7-18-8-5-14/h11-12,15H,1-10H2,(H,16,17). The van der Waals surface area contributed by atoms with Gasteiger partial charge >= 0.3 is 0 Å². The van der Waals surface area contributed by atoms with Gasteiger partial charge in [0.05, 0.1) is 12.1 Å². The van der Waals surface area contributed by atoms with Gasteiger partial charge in [-0.3, -0.25) is 4.79 Å². The second-order valence-corrected chi connectivity index (χ2v) is 6.06. The lowest BCUT2D eigenvalue weighted by atomic mass is 9.84. The molecule has 0 aromatic carbocycles. The fourth-order valence-electron chi connectivity index (χ4n) is 3.04. The van der Waals surface area contributed by atoms with Crippen LogP contribution in [-0.2, 0) is 14.3 Å². The minimum Gasteiger partial charge on any atom is -0.381 e. The molecule has 1 aliphatic carbocycles. The normalized spacial score (nSPS) is 30.2. The van der Waals surface area contributed by atoms with Crippen LogP contribution in [-0.4, -0.2) is 50.0 Å². The summed E-state index contributed by atoms with van der Waals surface area (Å²) >= 11 is 0. The molecule has 3 fully saturated rings. The Morgan fingerprint density at radius 2 is 1.89 bits per heavy atom. The maximum Gasteiger partial charge on any atom is 0.234 e. The van der Waals surface area contributed by atoms with Crippen molar-refractivity contribution in [2.24, 2.45) is 0 Å². The van der Waals surface area contributed by atoms with Gasteiger partial charge < -0.3 is 20.1 Å². The summed E-state index contributed by atoms with van der Waals surface area (Å²) in [5.74, 6) is 0.134. The number of ether oxygens (including phenoxy) is 2. The third kappa shape index (κ3) is 3.68. The van der Waals surface area contributed by atoms with E-state index in [1.54, 1.807) is 0 Å². The lowest BCUT2D eigenvalue weighted by Gasteiger charge is -2.43. The average Bonchev–Trinajstić information content (AvgIpc) is 3.21. The third-order valence-corrected chi connectivity index (χ3v) is 4.39. The van der Waals surface area contributed by atoms with Gasteiger partial charge in [-0.1, -0.05) is 0 Å². The molecule has 0 aromatic heterocycles. The van der Waals surface area contributed by atoms with E-state index in [-0.39, 0.29) is 11.5 Å². The zero-order chi connectivity index (χ0) is 13.1. The number of hydrogen-bond donors (Lipinski definition) is 2. The zero-order valence-electron chi connectivity index (χ0n) is 11.5. The van der Waals surface area contributed by atoms with E-state index in [1.807, 2.05) is 0 Å². The first-order valence-corrected chi connectivity index (χ1v) is 7.50. The van der Waals surface area contributed by atoms with Crippen molar-refractivity contribution in [3.8, 4) is 0 Å². The van der Waals surface area contributed by atoms with E-state index in [2.05, 4.69) is 10.6 Å². The maximum absolute atomic E-state index is 11.7. The molecule has 1 amide bonds. The van der Waals surface area contributed by atoms with E-state index in [9.17, 15) is 4.79 Å². The van der Waals surface area contributed by atoms with Gasteiger partial charge in [0.1, 0.15) is 0 Å². The highest BCUT2D eigenvalue weighted by Crippen LogP contribution is 2.34. The van der Waals surface area contributed by atoms with Gasteiger partial charge in [0, 0.05) is 31.9 Å². The molecular weight excluding hydrogens is 244 g/mol. The first kappa shape index (κ1) is 13.3. The molecular formula is C14H24N2O3. The molecule has 1 atom stereocenters. The SMILES string of the molecule is O=C(CNC1CCOC2(CCOCC2)C1)NC1CC1. The van der Waals surface area contributed by atoms with E-state index in [0.29, 0.717) is 18.6 Å². The summed E-state index contributed by atoms with van der Waals surface area (Å²) in [5.41, 5.74) is 0.00113. The molecule has 2 heterocycles. The van der Waals surface area contributed by atoms with Gasteiger partial charge in [-0.25, -0.2) is 0 Å². The van der Waals surface area contributed by atoms with Crippen molar-refractivity contribution in [3.63, 3.8) is 0 Å². The van der Waals surface area contributed by atoms with Crippen LogP contribution in [0.2, 0.25) is 0 Å². The Bertz CT molecular complexity index is 319. The highest BCUT2D eigenvalue weighted by molar-refractivity contribution is 5.78. The van der Waals surface area contributed by atoms with Crippen molar-refractivity contribution in [1.29, 1.82) is 0 Å². The van der Waals surface area contributed by atoms with Crippen molar-refractivity contribution < 1.29 is 14.3 Å². The van der Waals surface area contributed by atoms with Crippen LogP contribution in [0.5, 0.6) is 0 Å². The Labute approximate surface area is 114 Å². The number of hydrogen-bond acceptors (Lipinski definition) is 4. The molecule has 0 bridgehead atoms. The van der Waals surface area contributed by atoms with Crippen molar-refractivity contribution in [1.82, 2.24) is 10.6 Å². The molecule has 2 N–H and O–H groups in total. The predicted molar refractivity (Wildman–Crippen MR) is 70.9 cm³/mol. The summed E-state index contributed by atoms with van der Waals surface area (Å²) in [6.45, 7) is 2.83. The van der Waals surface area contributed by atoms with Crippen molar-refractivity contribution in [3.05, 3.63) is 0 Å². The monoisotopic (exact) mass is 268 g/mol. The topological polar surface area (TPSA) is 59.6 Å². The quantitative estimate of drug-likeness (QED) is 0.783. The van der Waals surface area contributed by atoms with Crippen LogP contribution < -0.4 is 10.6 Å². The smallest absolute Gasteiger partial charge is 0.234 e. The zero-order valence-corrected chi connectivity index (χ0v) is 11.5. The minimum atomic E-state index is 0.00113. The molecule has 3 aliphatic rings. The molecule has 1 spiro atoms. The minimum absolute atomic E-state index is 0.00113. The average molecular weight is 268 g/mol. The summed E-state index contributed by atoms with van der Waals surface area (Å²) in [6, 6.07) is 0.850. The van der Waals surface area contributed by atoms with Gasteiger partial charge in [-0.05, 0) is 38.5 Å². The van der Waals surface area contributed by atoms with Crippen LogP contribution in [0, 0.1) is 0 Å². The van der Waals surface area contributed by atoms with E-state index in [1.165, 1.54) is 0 Å². The Morgan fingerprint density at radius 1 is 1.11 bits per heavy atom. The van der Waals surface area contributed by atoms with Gasteiger partial charge in [0.25, 0.3) is 0 Å². The molecule has 5 nitrogen and oxygen atoms in total. The highest BCUT2D eigenvalue weighted by atomic mass is 16.5. The van der Waals surface area contributed by atoms with Crippen LogP contribution in [0.4, 0.5) is 0 Å². The number of carbonyl (C=O) groups excluding carboxylic acids is 1. The number of nitrogens with one attached hydrogen (secondary N) is 2. The van der Waals surface area contributed by atoms with Crippen LogP contribution in [0.25, 0.3) is 0 Å². The Hall–Kier alpha value is -0.650. The predicted octanol–water partition coefficient (Wildman–Crippen LogP) is 0.583. The van der Waals surface area contributed by atoms with Crippen molar-refractivity contribution in [2.45, 2.75) is 56.2 Å². The molecule has 19 heavy (non-hydrogen) atoms. The number of carbonyl (C=O) groups is 1. The highest BCUT2D eigenvalue weighted by Gasteiger charge is 2.39. The molecule has 0 aromatic rings. The van der Waals surface area contributed by atoms with Crippen LogP contribution >= 0.6 is 0 Å². The second kappa shape index (κ2) is 5.77. The lowest BCUT2D eigenvalue weighted by molar-refractivity contribution is -0.141. The summed E-state index contributed by atoms with van der Waals surface area (Å²) in [7, 11) is 0. The molecule has 3 rings (SSSR count). The first-order valence-electron chi connectivity index (χ1n) is 7.50. The lowest BCUT2D eigenvalue weighted by Crippen LogP contribution is -2.51. The number of amides is 1. The van der Waals surface area contributed by atoms with Gasteiger partial charge in [0.2, 0.25) is 5.91 Å². The van der Waals surface area contributed by atoms with Gasteiger partial charge in [0.15, 0.2) is 0 Å². The molecule has 0 radical (unpaired) electrons. The summed E-state index contributed by atoms with van der Waals surface area (Å²) in [4.78, 5) is 11.7.